The molecule has 1 aromatic rings. The Hall–Kier alpha value is -1.52. The van der Waals surface area contributed by atoms with Crippen molar-refractivity contribution in [1.82, 2.24) is 25.7 Å². The van der Waals surface area contributed by atoms with Gasteiger partial charge in [0.1, 0.15) is 5.60 Å². The van der Waals surface area contributed by atoms with Gasteiger partial charge in [0.15, 0.2) is 5.96 Å². The van der Waals surface area contributed by atoms with Crippen molar-refractivity contribution < 1.29 is 9.53 Å². The summed E-state index contributed by atoms with van der Waals surface area (Å²) in [5.74, 6) is 0.699. The Morgan fingerprint density at radius 2 is 1.73 bits per heavy atom. The van der Waals surface area contributed by atoms with Crippen molar-refractivity contribution in [2.75, 3.05) is 26.7 Å². The van der Waals surface area contributed by atoms with Crippen molar-refractivity contribution in [3.8, 4) is 0 Å². The molecule has 1 heterocycles. The van der Waals surface area contributed by atoms with Gasteiger partial charge >= 0.3 is 6.09 Å². The summed E-state index contributed by atoms with van der Waals surface area (Å²) in [7, 11) is 3.68. The number of guanidine groups is 1. The zero-order valence-electron chi connectivity index (χ0n) is 16.9. The molecule has 0 radical (unpaired) electrons. The topological polar surface area (TPSA) is 92.6 Å². The van der Waals surface area contributed by atoms with E-state index >= 15 is 0 Å². The molecule has 0 saturated carbocycles. The monoisotopic (exact) mass is 480 g/mol. The number of amides is 1. The van der Waals surface area contributed by atoms with Crippen molar-refractivity contribution in [2.24, 2.45) is 12.0 Å². The van der Waals surface area contributed by atoms with E-state index in [1.54, 1.807) is 7.05 Å². The lowest BCUT2D eigenvalue weighted by Gasteiger charge is -2.19. The molecule has 0 unspecified atom stereocenters. The number of aryl methyl sites for hydroxylation is 2. The lowest BCUT2D eigenvalue weighted by atomic mass is 10.1. The summed E-state index contributed by atoms with van der Waals surface area (Å²) in [6, 6.07) is 0. The molecule has 3 N–H and O–H groups in total. The number of aromatic nitrogens is 2. The summed E-state index contributed by atoms with van der Waals surface area (Å²) in [4.78, 5) is 15.7. The van der Waals surface area contributed by atoms with Gasteiger partial charge in [0.2, 0.25) is 0 Å². The van der Waals surface area contributed by atoms with Crippen LogP contribution in [0, 0.1) is 13.8 Å². The number of carbonyl (C=O) groups excluding carboxylic acids is 1. The fraction of sp³-hybridized carbons (Fsp3) is 0.706. The van der Waals surface area contributed by atoms with E-state index in [1.807, 2.05) is 39.4 Å². The molecule has 0 fully saturated rings. The Morgan fingerprint density at radius 3 is 2.23 bits per heavy atom. The number of halogens is 1. The normalized spacial score (nSPS) is 11.6. The summed E-state index contributed by atoms with van der Waals surface area (Å²) in [5.41, 5.74) is 3.02. The van der Waals surface area contributed by atoms with Crippen molar-refractivity contribution in [1.29, 1.82) is 0 Å². The van der Waals surface area contributed by atoms with E-state index in [4.69, 9.17) is 4.74 Å². The molecule has 8 nitrogen and oxygen atoms in total. The molecule has 1 amide bonds. The highest BCUT2D eigenvalue weighted by Gasteiger charge is 2.15. The van der Waals surface area contributed by atoms with Gasteiger partial charge < -0.3 is 20.7 Å². The summed E-state index contributed by atoms with van der Waals surface area (Å²) < 4.78 is 7.08. The van der Waals surface area contributed by atoms with E-state index in [2.05, 4.69) is 33.0 Å². The SMILES string of the molecule is CN=C(NCCNC(=O)OC(C)(C)C)NCCc1c(C)nn(C)c1C.I. The number of nitrogens with one attached hydrogen (secondary N) is 3. The van der Waals surface area contributed by atoms with Crippen molar-refractivity contribution in [3.05, 3.63) is 17.0 Å². The molecule has 150 valence electrons. The molecule has 0 atom stereocenters. The molecule has 1 rings (SSSR count). The predicted octanol–water partition coefficient (Wildman–Crippen LogP) is 1.89. The van der Waals surface area contributed by atoms with Crippen LogP contribution in [0.2, 0.25) is 0 Å². The highest BCUT2D eigenvalue weighted by Crippen LogP contribution is 2.11. The number of carbonyl (C=O) groups is 1. The number of hydrogen-bond donors (Lipinski definition) is 3. The molecule has 0 bridgehead atoms. The third kappa shape index (κ3) is 8.72. The zero-order chi connectivity index (χ0) is 19.0. The van der Waals surface area contributed by atoms with E-state index in [-0.39, 0.29) is 24.0 Å². The van der Waals surface area contributed by atoms with Gasteiger partial charge in [0.25, 0.3) is 0 Å². The minimum absolute atomic E-state index is 0. The van der Waals surface area contributed by atoms with E-state index < -0.39 is 11.7 Å². The third-order valence-corrected chi connectivity index (χ3v) is 3.64. The van der Waals surface area contributed by atoms with E-state index in [0.717, 1.165) is 18.7 Å². The first-order valence-corrected chi connectivity index (χ1v) is 8.54. The zero-order valence-corrected chi connectivity index (χ0v) is 19.2. The molecule has 0 aliphatic rings. The Morgan fingerprint density at radius 1 is 1.15 bits per heavy atom. The standard InChI is InChI=1S/C17H32N6O2.HI/c1-12-14(13(2)23(7)22-12)8-9-19-15(18-6)20-10-11-21-16(24)25-17(3,4)5;/h8-11H2,1-7H3,(H,21,24)(H2,18,19,20);1H. The second-order valence-electron chi connectivity index (χ2n) is 6.88. The molecular formula is C17H33IN6O2. The highest BCUT2D eigenvalue weighted by molar-refractivity contribution is 14.0. The molecule has 0 aliphatic carbocycles. The largest absolute Gasteiger partial charge is 0.444 e. The van der Waals surface area contributed by atoms with Crippen LogP contribution in [0.5, 0.6) is 0 Å². The van der Waals surface area contributed by atoms with Gasteiger partial charge in [-0.1, -0.05) is 0 Å². The van der Waals surface area contributed by atoms with Crippen LogP contribution in [-0.4, -0.2) is 54.1 Å². The summed E-state index contributed by atoms with van der Waals surface area (Å²) in [6.45, 7) is 11.4. The summed E-state index contributed by atoms with van der Waals surface area (Å²) in [5, 5.41) is 13.5. The number of ether oxygens (including phenoxy) is 1. The van der Waals surface area contributed by atoms with Crippen LogP contribution in [-0.2, 0) is 18.2 Å². The Bertz CT molecular complexity index is 607. The fourth-order valence-corrected chi connectivity index (χ4v) is 2.37. The van der Waals surface area contributed by atoms with E-state index in [1.165, 1.54) is 11.3 Å². The Balaban J connectivity index is 0.00000625. The van der Waals surface area contributed by atoms with Crippen molar-refractivity contribution in [2.45, 2.75) is 46.6 Å². The van der Waals surface area contributed by atoms with Crippen LogP contribution >= 0.6 is 24.0 Å². The average molecular weight is 480 g/mol. The smallest absolute Gasteiger partial charge is 0.407 e. The summed E-state index contributed by atoms with van der Waals surface area (Å²) >= 11 is 0. The number of aliphatic imine (C=N–C) groups is 1. The van der Waals surface area contributed by atoms with Crippen LogP contribution in [0.25, 0.3) is 0 Å². The van der Waals surface area contributed by atoms with Gasteiger partial charge in [-0.15, -0.1) is 24.0 Å². The van der Waals surface area contributed by atoms with Gasteiger partial charge in [-0.25, -0.2) is 4.79 Å². The molecule has 0 aromatic carbocycles. The second-order valence-corrected chi connectivity index (χ2v) is 6.88. The van der Waals surface area contributed by atoms with E-state index in [9.17, 15) is 4.79 Å². The first-order valence-electron chi connectivity index (χ1n) is 8.54. The van der Waals surface area contributed by atoms with Crippen LogP contribution in [0.4, 0.5) is 4.79 Å². The van der Waals surface area contributed by atoms with Crippen LogP contribution in [0.3, 0.4) is 0 Å². The third-order valence-electron chi connectivity index (χ3n) is 3.64. The highest BCUT2D eigenvalue weighted by atomic mass is 127. The van der Waals surface area contributed by atoms with Crippen LogP contribution < -0.4 is 16.0 Å². The van der Waals surface area contributed by atoms with Crippen LogP contribution in [0.15, 0.2) is 4.99 Å². The minimum Gasteiger partial charge on any atom is -0.444 e. The lowest BCUT2D eigenvalue weighted by molar-refractivity contribution is 0.0529. The number of alkyl carbamates (subject to hydrolysis) is 1. The Kier molecular flexibility index (Phi) is 10.6. The Labute approximate surface area is 173 Å². The quantitative estimate of drug-likeness (QED) is 0.250. The lowest BCUT2D eigenvalue weighted by Crippen LogP contribution is -2.43. The number of hydrogen-bond acceptors (Lipinski definition) is 4. The predicted molar refractivity (Wildman–Crippen MR) is 115 cm³/mol. The van der Waals surface area contributed by atoms with Gasteiger partial charge in [0, 0.05) is 39.4 Å². The first kappa shape index (κ1) is 24.5. The minimum atomic E-state index is -0.488. The first-order chi connectivity index (χ1) is 11.6. The molecule has 26 heavy (non-hydrogen) atoms. The average Bonchev–Trinajstić information content (AvgIpc) is 2.73. The number of rotatable bonds is 6. The maximum absolute atomic E-state index is 11.6. The van der Waals surface area contributed by atoms with Gasteiger partial charge in [-0.2, -0.15) is 5.10 Å². The van der Waals surface area contributed by atoms with Crippen molar-refractivity contribution in [3.63, 3.8) is 0 Å². The molecule has 0 spiro atoms. The number of nitrogens with zero attached hydrogens (tertiary/aromatic N) is 3. The van der Waals surface area contributed by atoms with Gasteiger partial charge in [0.05, 0.1) is 5.69 Å². The van der Waals surface area contributed by atoms with E-state index in [0.29, 0.717) is 19.0 Å². The van der Waals surface area contributed by atoms with Crippen LogP contribution in [0.1, 0.15) is 37.7 Å². The van der Waals surface area contributed by atoms with Gasteiger partial charge in [-0.3, -0.25) is 9.67 Å². The molecule has 0 saturated heterocycles. The van der Waals surface area contributed by atoms with Crippen molar-refractivity contribution >= 4 is 36.0 Å². The molecular weight excluding hydrogens is 447 g/mol. The maximum atomic E-state index is 11.6. The van der Waals surface area contributed by atoms with Gasteiger partial charge in [-0.05, 0) is 46.6 Å². The second kappa shape index (κ2) is 11.2. The summed E-state index contributed by atoms with van der Waals surface area (Å²) in [6.07, 6.45) is 0.460. The fourth-order valence-electron chi connectivity index (χ4n) is 2.37. The maximum Gasteiger partial charge on any atom is 0.407 e. The molecule has 9 heteroatoms. The molecule has 1 aromatic heterocycles. The molecule has 0 aliphatic heterocycles.